The van der Waals surface area contributed by atoms with E-state index in [1.165, 1.54) is 6.26 Å². The fraction of sp³-hybridized carbons (Fsp3) is 0.200. The summed E-state index contributed by atoms with van der Waals surface area (Å²) in [5, 5.41) is 3.22. The van der Waals surface area contributed by atoms with Gasteiger partial charge in [0, 0.05) is 6.26 Å². The molecule has 0 saturated carbocycles. The molecule has 1 unspecified atom stereocenters. The van der Waals surface area contributed by atoms with Gasteiger partial charge in [0.2, 0.25) is 0 Å². The SMILES string of the molecule is CNC(c1ccccc1)c1cccc(S(C)(=O)=O)c1. The minimum atomic E-state index is -3.18. The van der Waals surface area contributed by atoms with Crippen molar-refractivity contribution in [1.29, 1.82) is 0 Å². The Kier molecular flexibility index (Phi) is 4.02. The summed E-state index contributed by atoms with van der Waals surface area (Å²) in [6.07, 6.45) is 1.23. The lowest BCUT2D eigenvalue weighted by Gasteiger charge is -2.17. The van der Waals surface area contributed by atoms with E-state index in [1.807, 2.05) is 43.4 Å². The zero-order chi connectivity index (χ0) is 13.9. The molecule has 0 aliphatic heterocycles. The fourth-order valence-corrected chi connectivity index (χ4v) is 2.77. The molecule has 0 heterocycles. The van der Waals surface area contributed by atoms with E-state index in [-0.39, 0.29) is 6.04 Å². The zero-order valence-corrected chi connectivity index (χ0v) is 11.8. The van der Waals surface area contributed by atoms with E-state index >= 15 is 0 Å². The summed E-state index contributed by atoms with van der Waals surface area (Å²) in [6.45, 7) is 0. The minimum absolute atomic E-state index is 0.0112. The van der Waals surface area contributed by atoms with E-state index in [0.717, 1.165) is 11.1 Å². The van der Waals surface area contributed by atoms with Gasteiger partial charge in [0.25, 0.3) is 0 Å². The van der Waals surface area contributed by atoms with Crippen molar-refractivity contribution < 1.29 is 8.42 Å². The first-order chi connectivity index (χ1) is 9.02. The van der Waals surface area contributed by atoms with Gasteiger partial charge < -0.3 is 5.32 Å². The Hall–Kier alpha value is -1.65. The molecule has 2 rings (SSSR count). The van der Waals surface area contributed by atoms with Crippen molar-refractivity contribution in [2.45, 2.75) is 10.9 Å². The van der Waals surface area contributed by atoms with Crippen LogP contribution in [0.5, 0.6) is 0 Å². The Morgan fingerprint density at radius 1 is 0.947 bits per heavy atom. The van der Waals surface area contributed by atoms with Crippen LogP contribution in [0, 0.1) is 0 Å². The summed E-state index contributed by atoms with van der Waals surface area (Å²) < 4.78 is 23.2. The largest absolute Gasteiger partial charge is 0.309 e. The van der Waals surface area contributed by atoms with Gasteiger partial charge in [-0.2, -0.15) is 0 Å². The average molecular weight is 275 g/mol. The molecule has 2 aromatic rings. The predicted molar refractivity (Wildman–Crippen MR) is 76.9 cm³/mol. The van der Waals surface area contributed by atoms with E-state index in [4.69, 9.17) is 0 Å². The first-order valence-electron chi connectivity index (χ1n) is 6.04. The summed E-state index contributed by atoms with van der Waals surface area (Å²) in [7, 11) is -1.31. The highest BCUT2D eigenvalue weighted by Gasteiger charge is 2.14. The Bertz CT molecular complexity index is 651. The molecule has 0 fully saturated rings. The van der Waals surface area contributed by atoms with Gasteiger partial charge in [-0.1, -0.05) is 42.5 Å². The van der Waals surface area contributed by atoms with Crippen LogP contribution in [0.2, 0.25) is 0 Å². The molecule has 0 spiro atoms. The third-order valence-corrected chi connectivity index (χ3v) is 4.15. The van der Waals surface area contributed by atoms with E-state index < -0.39 is 9.84 Å². The van der Waals surface area contributed by atoms with Gasteiger partial charge in [-0.3, -0.25) is 0 Å². The van der Waals surface area contributed by atoms with Crippen LogP contribution in [-0.2, 0) is 9.84 Å². The third kappa shape index (κ3) is 3.22. The van der Waals surface area contributed by atoms with Crippen molar-refractivity contribution in [3.63, 3.8) is 0 Å². The lowest BCUT2D eigenvalue weighted by Crippen LogP contribution is -2.17. The highest BCUT2D eigenvalue weighted by molar-refractivity contribution is 7.90. The highest BCUT2D eigenvalue weighted by atomic mass is 32.2. The van der Waals surface area contributed by atoms with Gasteiger partial charge in [-0.25, -0.2) is 8.42 Å². The van der Waals surface area contributed by atoms with Crippen LogP contribution in [0.15, 0.2) is 59.5 Å². The number of benzene rings is 2. The second-order valence-corrected chi connectivity index (χ2v) is 6.49. The standard InChI is InChI=1S/C15H17NO2S/c1-16-15(12-7-4-3-5-8-12)13-9-6-10-14(11-13)19(2,17)18/h3-11,15-16H,1-2H3. The molecule has 0 aliphatic carbocycles. The maximum Gasteiger partial charge on any atom is 0.175 e. The van der Waals surface area contributed by atoms with Gasteiger partial charge in [0.1, 0.15) is 0 Å². The molecule has 1 N–H and O–H groups in total. The van der Waals surface area contributed by atoms with Crippen molar-refractivity contribution in [2.24, 2.45) is 0 Å². The second-order valence-electron chi connectivity index (χ2n) is 4.48. The molecule has 0 aliphatic rings. The molecule has 2 aromatic carbocycles. The highest BCUT2D eigenvalue weighted by Crippen LogP contribution is 2.23. The number of sulfone groups is 1. The predicted octanol–water partition coefficient (Wildman–Crippen LogP) is 2.40. The monoisotopic (exact) mass is 275 g/mol. The molecular formula is C15H17NO2S. The van der Waals surface area contributed by atoms with E-state index in [9.17, 15) is 8.42 Å². The maximum atomic E-state index is 11.6. The molecule has 0 bridgehead atoms. The van der Waals surface area contributed by atoms with Crippen LogP contribution in [-0.4, -0.2) is 21.7 Å². The molecule has 3 nitrogen and oxygen atoms in total. The lowest BCUT2D eigenvalue weighted by atomic mass is 9.99. The summed E-state index contributed by atoms with van der Waals surface area (Å²) in [5.41, 5.74) is 2.05. The molecule has 4 heteroatoms. The number of rotatable bonds is 4. The quantitative estimate of drug-likeness (QED) is 0.932. The maximum absolute atomic E-state index is 11.6. The third-order valence-electron chi connectivity index (χ3n) is 3.04. The van der Waals surface area contributed by atoms with Crippen molar-refractivity contribution in [3.8, 4) is 0 Å². The molecule has 1 atom stereocenters. The van der Waals surface area contributed by atoms with Gasteiger partial charge >= 0.3 is 0 Å². The van der Waals surface area contributed by atoms with Crippen molar-refractivity contribution >= 4 is 9.84 Å². The van der Waals surface area contributed by atoms with E-state index in [0.29, 0.717) is 4.90 Å². The summed E-state index contributed by atoms with van der Waals surface area (Å²) >= 11 is 0. The Morgan fingerprint density at radius 3 is 2.16 bits per heavy atom. The van der Waals surface area contributed by atoms with Crippen LogP contribution < -0.4 is 5.32 Å². The smallest absolute Gasteiger partial charge is 0.175 e. The van der Waals surface area contributed by atoms with Crippen molar-refractivity contribution in [2.75, 3.05) is 13.3 Å². The first kappa shape index (κ1) is 13.8. The Morgan fingerprint density at radius 2 is 1.58 bits per heavy atom. The Balaban J connectivity index is 2.45. The van der Waals surface area contributed by atoms with Crippen LogP contribution in [0.25, 0.3) is 0 Å². The average Bonchev–Trinajstić information content (AvgIpc) is 2.40. The van der Waals surface area contributed by atoms with Crippen LogP contribution in [0.4, 0.5) is 0 Å². The van der Waals surface area contributed by atoms with E-state index in [1.54, 1.807) is 18.2 Å². The minimum Gasteiger partial charge on any atom is -0.309 e. The molecule has 19 heavy (non-hydrogen) atoms. The fourth-order valence-electron chi connectivity index (χ4n) is 2.10. The summed E-state index contributed by atoms with van der Waals surface area (Å²) in [6, 6.07) is 17.0. The first-order valence-corrected chi connectivity index (χ1v) is 7.94. The zero-order valence-electron chi connectivity index (χ0n) is 11.0. The Labute approximate surface area is 114 Å². The van der Waals surface area contributed by atoms with Crippen LogP contribution >= 0.6 is 0 Å². The number of hydrogen-bond donors (Lipinski definition) is 1. The lowest BCUT2D eigenvalue weighted by molar-refractivity contribution is 0.601. The van der Waals surface area contributed by atoms with Crippen molar-refractivity contribution in [3.05, 3.63) is 65.7 Å². The second kappa shape index (κ2) is 5.55. The summed E-state index contributed by atoms with van der Waals surface area (Å²) in [4.78, 5) is 0.348. The topological polar surface area (TPSA) is 46.2 Å². The molecular weight excluding hydrogens is 258 g/mol. The van der Waals surface area contributed by atoms with E-state index in [2.05, 4.69) is 5.32 Å². The van der Waals surface area contributed by atoms with Gasteiger partial charge in [-0.15, -0.1) is 0 Å². The number of nitrogens with one attached hydrogen (secondary N) is 1. The van der Waals surface area contributed by atoms with Crippen molar-refractivity contribution in [1.82, 2.24) is 5.32 Å². The molecule has 0 aromatic heterocycles. The number of hydrogen-bond acceptors (Lipinski definition) is 3. The molecule has 0 amide bonds. The normalized spacial score (nSPS) is 13.2. The molecule has 0 saturated heterocycles. The van der Waals surface area contributed by atoms with Gasteiger partial charge in [-0.05, 0) is 30.3 Å². The van der Waals surface area contributed by atoms with Crippen LogP contribution in [0.1, 0.15) is 17.2 Å². The molecule has 100 valence electrons. The summed E-state index contributed by atoms with van der Waals surface area (Å²) in [5.74, 6) is 0. The molecule has 0 radical (unpaired) electrons. The van der Waals surface area contributed by atoms with Gasteiger partial charge in [0.05, 0.1) is 10.9 Å². The van der Waals surface area contributed by atoms with Gasteiger partial charge in [0.15, 0.2) is 9.84 Å². The van der Waals surface area contributed by atoms with Crippen LogP contribution in [0.3, 0.4) is 0 Å².